The number of unbranched alkanes of at least 4 members (excludes halogenated alkanes) is 7. The van der Waals surface area contributed by atoms with Crippen LogP contribution in [0, 0.1) is 0 Å². The molecule has 0 aromatic carbocycles. The highest BCUT2D eigenvalue weighted by Gasteiger charge is 1.93. The van der Waals surface area contributed by atoms with Crippen molar-refractivity contribution in [1.82, 2.24) is 19.9 Å². The smallest absolute Gasteiger partial charge is 0.0924 e. The highest BCUT2D eigenvalue weighted by atomic mass is 14.9. The van der Waals surface area contributed by atoms with Crippen LogP contribution in [0.15, 0.2) is 35.0 Å². The van der Waals surface area contributed by atoms with Crippen molar-refractivity contribution < 1.29 is 0 Å². The standard InChI is InChI=1S/C18H28N6/c1(3-5-7-9-19-11-17-13-21-15-23-17)2-4-6-8-10-20-12-18-14-22-16-24-18/h11-16H,1-10H2,(H,21,23)(H,22,24). The largest absolute Gasteiger partial charge is 0.344 e. The highest BCUT2D eigenvalue weighted by molar-refractivity contribution is 5.76. The molecule has 6 nitrogen and oxygen atoms in total. The van der Waals surface area contributed by atoms with E-state index in [1.807, 2.05) is 12.4 Å². The van der Waals surface area contributed by atoms with Crippen LogP contribution in [0.2, 0.25) is 0 Å². The van der Waals surface area contributed by atoms with Crippen LogP contribution in [0.25, 0.3) is 0 Å². The molecule has 0 unspecified atom stereocenters. The summed E-state index contributed by atoms with van der Waals surface area (Å²) in [6, 6.07) is 0. The summed E-state index contributed by atoms with van der Waals surface area (Å²) in [5.41, 5.74) is 1.95. The van der Waals surface area contributed by atoms with Crippen LogP contribution in [0.1, 0.15) is 62.8 Å². The Hall–Kier alpha value is -2.24. The van der Waals surface area contributed by atoms with E-state index in [1.54, 1.807) is 25.0 Å². The minimum Gasteiger partial charge on any atom is -0.344 e. The normalized spacial score (nSPS) is 11.8. The van der Waals surface area contributed by atoms with Crippen molar-refractivity contribution in [3.63, 3.8) is 0 Å². The molecule has 6 heteroatoms. The van der Waals surface area contributed by atoms with Crippen LogP contribution in [-0.2, 0) is 0 Å². The molecular weight excluding hydrogens is 300 g/mol. The topological polar surface area (TPSA) is 82.1 Å². The van der Waals surface area contributed by atoms with Crippen LogP contribution < -0.4 is 0 Å². The number of nitrogens with one attached hydrogen (secondary N) is 2. The Bertz CT molecular complexity index is 504. The lowest BCUT2D eigenvalue weighted by Gasteiger charge is -2.00. The fraction of sp³-hybridized carbons (Fsp3) is 0.556. The number of hydrogen-bond donors (Lipinski definition) is 2. The number of aromatic nitrogens is 4. The van der Waals surface area contributed by atoms with Gasteiger partial charge in [-0.2, -0.15) is 0 Å². The fourth-order valence-corrected chi connectivity index (χ4v) is 2.47. The average Bonchev–Trinajstić information content (AvgIpc) is 3.28. The maximum absolute atomic E-state index is 4.39. The van der Waals surface area contributed by atoms with E-state index in [0.717, 1.165) is 24.5 Å². The molecule has 0 fully saturated rings. The minimum absolute atomic E-state index is 0.910. The van der Waals surface area contributed by atoms with Crippen LogP contribution in [0.5, 0.6) is 0 Å². The predicted octanol–water partition coefficient (Wildman–Crippen LogP) is 3.79. The molecule has 0 amide bonds. The maximum atomic E-state index is 4.39. The molecule has 0 saturated carbocycles. The first-order chi connectivity index (χ1) is 11.9. The molecule has 2 aromatic heterocycles. The lowest BCUT2D eigenvalue weighted by molar-refractivity contribution is 0.573. The maximum Gasteiger partial charge on any atom is 0.0924 e. The van der Waals surface area contributed by atoms with Gasteiger partial charge in [-0.05, 0) is 12.8 Å². The van der Waals surface area contributed by atoms with E-state index in [-0.39, 0.29) is 0 Å². The molecule has 0 aliphatic carbocycles. The third-order valence-electron chi connectivity index (χ3n) is 3.82. The Morgan fingerprint density at radius 1 is 0.667 bits per heavy atom. The number of aliphatic imine (C=N–C) groups is 2. The second kappa shape index (κ2) is 12.2. The van der Waals surface area contributed by atoms with Crippen molar-refractivity contribution in [3.8, 4) is 0 Å². The van der Waals surface area contributed by atoms with E-state index in [0.29, 0.717) is 0 Å². The highest BCUT2D eigenvalue weighted by Crippen LogP contribution is 2.08. The number of imidazole rings is 2. The van der Waals surface area contributed by atoms with E-state index in [1.165, 1.54) is 51.4 Å². The van der Waals surface area contributed by atoms with Gasteiger partial charge in [0.2, 0.25) is 0 Å². The summed E-state index contributed by atoms with van der Waals surface area (Å²) in [5.74, 6) is 0. The third kappa shape index (κ3) is 8.41. The van der Waals surface area contributed by atoms with E-state index in [9.17, 15) is 0 Å². The third-order valence-corrected chi connectivity index (χ3v) is 3.82. The number of rotatable bonds is 13. The Morgan fingerprint density at radius 2 is 1.08 bits per heavy atom. The van der Waals surface area contributed by atoms with Gasteiger partial charge in [-0.15, -0.1) is 0 Å². The number of aromatic amines is 2. The SMILES string of the molecule is C(=NCCCCCCCCCCN=Cc1cnc[nH]1)c1cnc[nH]1. The van der Waals surface area contributed by atoms with Crippen molar-refractivity contribution in [3.05, 3.63) is 36.4 Å². The molecule has 0 bridgehead atoms. The van der Waals surface area contributed by atoms with Gasteiger partial charge in [0.1, 0.15) is 0 Å². The molecule has 0 aliphatic heterocycles. The first-order valence-electron chi connectivity index (χ1n) is 8.91. The summed E-state index contributed by atoms with van der Waals surface area (Å²) < 4.78 is 0. The summed E-state index contributed by atoms with van der Waals surface area (Å²) in [7, 11) is 0. The first kappa shape index (κ1) is 18.1. The van der Waals surface area contributed by atoms with Crippen LogP contribution in [0.3, 0.4) is 0 Å². The number of nitrogens with zero attached hydrogens (tertiary/aromatic N) is 4. The van der Waals surface area contributed by atoms with Crippen molar-refractivity contribution in [2.45, 2.75) is 51.4 Å². The van der Waals surface area contributed by atoms with Gasteiger partial charge in [0.15, 0.2) is 0 Å². The fourth-order valence-electron chi connectivity index (χ4n) is 2.47. The predicted molar refractivity (Wildman–Crippen MR) is 99.0 cm³/mol. The molecule has 0 radical (unpaired) electrons. The summed E-state index contributed by atoms with van der Waals surface area (Å²) in [6.07, 6.45) is 20.8. The first-order valence-corrected chi connectivity index (χ1v) is 8.91. The molecule has 2 heterocycles. The Balaban J connectivity index is 1.32. The van der Waals surface area contributed by atoms with Gasteiger partial charge in [0.25, 0.3) is 0 Å². The summed E-state index contributed by atoms with van der Waals surface area (Å²) in [6.45, 7) is 1.82. The van der Waals surface area contributed by atoms with Gasteiger partial charge in [-0.25, -0.2) is 9.97 Å². The molecule has 2 aromatic rings. The second-order valence-corrected chi connectivity index (χ2v) is 5.91. The molecule has 0 spiro atoms. The molecule has 0 atom stereocenters. The van der Waals surface area contributed by atoms with E-state index >= 15 is 0 Å². The zero-order valence-corrected chi connectivity index (χ0v) is 14.3. The van der Waals surface area contributed by atoms with Crippen molar-refractivity contribution in [2.75, 3.05) is 13.1 Å². The molecular formula is C18H28N6. The molecule has 24 heavy (non-hydrogen) atoms. The minimum atomic E-state index is 0.910. The van der Waals surface area contributed by atoms with Gasteiger partial charge in [-0.1, -0.05) is 38.5 Å². The monoisotopic (exact) mass is 328 g/mol. The van der Waals surface area contributed by atoms with Gasteiger partial charge < -0.3 is 9.97 Å². The zero-order valence-electron chi connectivity index (χ0n) is 14.3. The van der Waals surface area contributed by atoms with Crippen LogP contribution >= 0.6 is 0 Å². The average molecular weight is 328 g/mol. The summed E-state index contributed by atoms with van der Waals surface area (Å²) >= 11 is 0. The number of H-pyrrole nitrogens is 2. The van der Waals surface area contributed by atoms with E-state index in [2.05, 4.69) is 29.9 Å². The van der Waals surface area contributed by atoms with Crippen LogP contribution in [-0.4, -0.2) is 45.5 Å². The van der Waals surface area contributed by atoms with Gasteiger partial charge in [0, 0.05) is 25.5 Å². The Labute approximate surface area is 144 Å². The van der Waals surface area contributed by atoms with Gasteiger partial charge in [0.05, 0.1) is 36.4 Å². The summed E-state index contributed by atoms with van der Waals surface area (Å²) in [4.78, 5) is 22.7. The second-order valence-electron chi connectivity index (χ2n) is 5.91. The lowest BCUT2D eigenvalue weighted by Crippen LogP contribution is -1.87. The van der Waals surface area contributed by atoms with Crippen molar-refractivity contribution in [1.29, 1.82) is 0 Å². The van der Waals surface area contributed by atoms with E-state index in [4.69, 9.17) is 0 Å². The van der Waals surface area contributed by atoms with Crippen LogP contribution in [0.4, 0.5) is 0 Å². The van der Waals surface area contributed by atoms with Crippen molar-refractivity contribution in [2.24, 2.45) is 9.98 Å². The Kier molecular flexibility index (Phi) is 9.21. The zero-order chi connectivity index (χ0) is 16.7. The number of hydrogen-bond acceptors (Lipinski definition) is 4. The Morgan fingerprint density at radius 3 is 1.46 bits per heavy atom. The molecule has 0 aliphatic rings. The van der Waals surface area contributed by atoms with Gasteiger partial charge in [-0.3, -0.25) is 9.98 Å². The van der Waals surface area contributed by atoms with Crippen molar-refractivity contribution >= 4 is 12.4 Å². The molecule has 0 saturated heterocycles. The molecule has 130 valence electrons. The van der Waals surface area contributed by atoms with Gasteiger partial charge >= 0.3 is 0 Å². The van der Waals surface area contributed by atoms with E-state index < -0.39 is 0 Å². The quantitative estimate of drug-likeness (QED) is 0.433. The molecule has 2 rings (SSSR count). The lowest BCUT2D eigenvalue weighted by atomic mass is 10.1. The summed E-state index contributed by atoms with van der Waals surface area (Å²) in [5, 5.41) is 0. The molecule has 2 N–H and O–H groups in total.